The lowest BCUT2D eigenvalue weighted by Gasteiger charge is -2.34. The number of rotatable bonds is 4. The monoisotopic (exact) mass is 434 g/mol. The number of carbonyl (C=O) groups excluding carboxylic acids is 2. The molecule has 1 aliphatic heterocycles. The second kappa shape index (κ2) is 8.19. The van der Waals surface area contributed by atoms with Crippen LogP contribution in [-0.2, 0) is 4.79 Å². The summed E-state index contributed by atoms with van der Waals surface area (Å²) in [6.07, 6.45) is 2.00. The molecule has 3 aromatic rings. The number of halogens is 1. The van der Waals surface area contributed by atoms with E-state index in [4.69, 9.17) is 16.7 Å². The van der Waals surface area contributed by atoms with Crippen LogP contribution in [0.2, 0.25) is 5.02 Å². The normalized spacial score (nSPS) is 16.4. The number of hydrogen-bond donors (Lipinski definition) is 0. The van der Waals surface area contributed by atoms with Crippen LogP contribution in [0.25, 0.3) is 16.9 Å². The highest BCUT2D eigenvalue weighted by atomic mass is 35.5. The molecule has 158 valence electrons. The highest BCUT2D eigenvalue weighted by molar-refractivity contribution is 6.30. The predicted molar refractivity (Wildman–Crippen MR) is 119 cm³/mol. The molecule has 2 aromatic carbocycles. The first-order chi connectivity index (χ1) is 15.1. The molecule has 1 saturated heterocycles. The van der Waals surface area contributed by atoms with Crippen molar-refractivity contribution in [1.82, 2.24) is 19.6 Å². The Morgan fingerprint density at radius 2 is 1.52 bits per heavy atom. The summed E-state index contributed by atoms with van der Waals surface area (Å²) >= 11 is 6.03. The van der Waals surface area contributed by atoms with Gasteiger partial charge in [-0.15, -0.1) is 0 Å². The molecular weight excluding hydrogens is 412 g/mol. The number of nitrogens with zero attached hydrogens (tertiary/aromatic N) is 4. The summed E-state index contributed by atoms with van der Waals surface area (Å²) < 4.78 is 1.70. The number of piperazine rings is 1. The highest BCUT2D eigenvalue weighted by Crippen LogP contribution is 2.31. The number of amides is 2. The van der Waals surface area contributed by atoms with Crippen molar-refractivity contribution in [2.75, 3.05) is 26.2 Å². The Balaban J connectivity index is 1.42. The summed E-state index contributed by atoms with van der Waals surface area (Å²) in [5.74, 6) is 0.380. The number of carbonyl (C=O) groups is 2. The van der Waals surface area contributed by atoms with Crippen LogP contribution in [0.3, 0.4) is 0 Å². The van der Waals surface area contributed by atoms with Crippen LogP contribution < -0.4 is 0 Å². The van der Waals surface area contributed by atoms with Gasteiger partial charge < -0.3 is 9.80 Å². The van der Waals surface area contributed by atoms with Crippen LogP contribution in [0.15, 0.2) is 60.7 Å². The van der Waals surface area contributed by atoms with Crippen molar-refractivity contribution in [3.05, 3.63) is 71.4 Å². The van der Waals surface area contributed by atoms with Crippen molar-refractivity contribution in [1.29, 1.82) is 0 Å². The standard InChI is InChI=1S/C24H23ClN4O2/c25-19-10-8-17(9-11-19)21-16-22(29(26-21)20-4-2-1-3-5-20)24(31)28-14-12-27(13-15-28)23(30)18-6-7-18/h1-5,8-11,16,18H,6-7,12-15H2. The Bertz CT molecular complexity index is 1100. The molecule has 7 heteroatoms. The summed E-state index contributed by atoms with van der Waals surface area (Å²) in [5.41, 5.74) is 2.95. The van der Waals surface area contributed by atoms with Gasteiger partial charge in [-0.2, -0.15) is 5.10 Å². The van der Waals surface area contributed by atoms with Crippen LogP contribution in [0.5, 0.6) is 0 Å². The van der Waals surface area contributed by atoms with Gasteiger partial charge in [0.25, 0.3) is 5.91 Å². The van der Waals surface area contributed by atoms with Crippen molar-refractivity contribution in [3.8, 4) is 16.9 Å². The van der Waals surface area contributed by atoms with Crippen LogP contribution in [-0.4, -0.2) is 57.6 Å². The van der Waals surface area contributed by atoms with Gasteiger partial charge >= 0.3 is 0 Å². The SMILES string of the molecule is O=C(c1cc(-c2ccc(Cl)cc2)nn1-c1ccccc1)N1CCN(C(=O)C2CC2)CC1. The molecule has 5 rings (SSSR count). The first-order valence-corrected chi connectivity index (χ1v) is 11.0. The van der Waals surface area contributed by atoms with E-state index >= 15 is 0 Å². The van der Waals surface area contributed by atoms with E-state index in [1.807, 2.05) is 70.5 Å². The van der Waals surface area contributed by atoms with E-state index < -0.39 is 0 Å². The van der Waals surface area contributed by atoms with E-state index in [0.29, 0.717) is 42.6 Å². The van der Waals surface area contributed by atoms with E-state index in [0.717, 1.165) is 24.1 Å². The van der Waals surface area contributed by atoms with E-state index in [1.165, 1.54) is 0 Å². The van der Waals surface area contributed by atoms with Gasteiger partial charge in [0.2, 0.25) is 5.91 Å². The third-order valence-electron chi connectivity index (χ3n) is 5.87. The lowest BCUT2D eigenvalue weighted by atomic mass is 10.1. The summed E-state index contributed by atoms with van der Waals surface area (Å²) in [7, 11) is 0. The van der Waals surface area contributed by atoms with Crippen LogP contribution in [0.4, 0.5) is 0 Å². The maximum absolute atomic E-state index is 13.5. The Kier molecular flexibility index (Phi) is 5.24. The third kappa shape index (κ3) is 4.08. The molecule has 0 atom stereocenters. The maximum Gasteiger partial charge on any atom is 0.272 e. The average Bonchev–Trinajstić information content (AvgIpc) is 3.57. The van der Waals surface area contributed by atoms with Crippen molar-refractivity contribution >= 4 is 23.4 Å². The third-order valence-corrected chi connectivity index (χ3v) is 6.13. The molecule has 0 bridgehead atoms. The summed E-state index contributed by atoms with van der Waals surface area (Å²) in [6, 6.07) is 18.9. The molecule has 1 aliphatic carbocycles. The molecule has 1 aromatic heterocycles. The largest absolute Gasteiger partial charge is 0.339 e. The van der Waals surface area contributed by atoms with Crippen molar-refractivity contribution < 1.29 is 9.59 Å². The maximum atomic E-state index is 13.5. The second-order valence-corrected chi connectivity index (χ2v) is 8.50. The first kappa shape index (κ1) is 19.8. The highest BCUT2D eigenvalue weighted by Gasteiger charge is 2.35. The van der Waals surface area contributed by atoms with Crippen molar-refractivity contribution in [3.63, 3.8) is 0 Å². The lowest BCUT2D eigenvalue weighted by molar-refractivity contribution is -0.134. The van der Waals surface area contributed by atoms with Crippen molar-refractivity contribution in [2.24, 2.45) is 5.92 Å². The van der Waals surface area contributed by atoms with E-state index in [9.17, 15) is 9.59 Å². The van der Waals surface area contributed by atoms with Gasteiger partial charge in [0.1, 0.15) is 5.69 Å². The van der Waals surface area contributed by atoms with Crippen molar-refractivity contribution in [2.45, 2.75) is 12.8 Å². The van der Waals surface area contributed by atoms with Gasteiger partial charge in [0, 0.05) is 42.7 Å². The van der Waals surface area contributed by atoms with E-state index in [1.54, 1.807) is 4.68 Å². The van der Waals surface area contributed by atoms with Gasteiger partial charge in [-0.1, -0.05) is 41.9 Å². The smallest absolute Gasteiger partial charge is 0.272 e. The first-order valence-electron chi connectivity index (χ1n) is 10.6. The van der Waals surface area contributed by atoms with Crippen LogP contribution in [0.1, 0.15) is 23.3 Å². The molecule has 0 spiro atoms. The van der Waals surface area contributed by atoms with E-state index in [-0.39, 0.29) is 17.7 Å². The number of benzene rings is 2. The van der Waals surface area contributed by atoms with Crippen LogP contribution >= 0.6 is 11.6 Å². The minimum atomic E-state index is -0.0740. The van der Waals surface area contributed by atoms with Gasteiger partial charge in [-0.25, -0.2) is 4.68 Å². The minimum absolute atomic E-state index is 0.0740. The van der Waals surface area contributed by atoms with Gasteiger partial charge in [-0.05, 0) is 43.2 Å². The number of aromatic nitrogens is 2. The molecule has 6 nitrogen and oxygen atoms in total. The molecule has 31 heavy (non-hydrogen) atoms. The number of para-hydroxylation sites is 1. The molecule has 0 N–H and O–H groups in total. The fourth-order valence-corrected chi connectivity index (χ4v) is 4.07. The zero-order valence-electron chi connectivity index (χ0n) is 17.1. The molecular formula is C24H23ClN4O2. The Labute approximate surface area is 186 Å². The molecule has 0 unspecified atom stereocenters. The van der Waals surface area contributed by atoms with Gasteiger partial charge in [0.15, 0.2) is 0 Å². The van der Waals surface area contributed by atoms with Gasteiger partial charge in [0.05, 0.1) is 11.4 Å². The van der Waals surface area contributed by atoms with Gasteiger partial charge in [-0.3, -0.25) is 9.59 Å². The number of hydrogen-bond acceptors (Lipinski definition) is 3. The minimum Gasteiger partial charge on any atom is -0.339 e. The lowest BCUT2D eigenvalue weighted by Crippen LogP contribution is -2.51. The van der Waals surface area contributed by atoms with E-state index in [2.05, 4.69) is 0 Å². The molecule has 2 heterocycles. The topological polar surface area (TPSA) is 58.4 Å². The average molecular weight is 435 g/mol. The molecule has 2 fully saturated rings. The Hall–Kier alpha value is -3.12. The molecule has 1 saturated carbocycles. The summed E-state index contributed by atoms with van der Waals surface area (Å²) in [6.45, 7) is 2.25. The Morgan fingerprint density at radius 1 is 0.871 bits per heavy atom. The fraction of sp³-hybridized carbons (Fsp3) is 0.292. The Morgan fingerprint density at radius 3 is 2.16 bits per heavy atom. The fourth-order valence-electron chi connectivity index (χ4n) is 3.94. The zero-order chi connectivity index (χ0) is 21.4. The second-order valence-electron chi connectivity index (χ2n) is 8.06. The molecule has 0 radical (unpaired) electrons. The zero-order valence-corrected chi connectivity index (χ0v) is 17.8. The van der Waals surface area contributed by atoms with Crippen LogP contribution in [0, 0.1) is 5.92 Å². The predicted octanol–water partition coefficient (Wildman–Crippen LogP) is 3.89. The quantitative estimate of drug-likeness (QED) is 0.626. The summed E-state index contributed by atoms with van der Waals surface area (Å²) in [4.78, 5) is 29.5. The summed E-state index contributed by atoms with van der Waals surface area (Å²) in [5, 5.41) is 5.39. The molecule has 2 aliphatic rings. The molecule has 2 amide bonds.